The normalized spacial score (nSPS) is 19.0. The van der Waals surface area contributed by atoms with Crippen molar-refractivity contribution in [3.63, 3.8) is 0 Å². The van der Waals surface area contributed by atoms with Crippen molar-refractivity contribution in [1.29, 1.82) is 0 Å². The maximum Gasteiger partial charge on any atom is 0.164 e. The summed E-state index contributed by atoms with van der Waals surface area (Å²) in [6.07, 6.45) is 9.46. The van der Waals surface area contributed by atoms with E-state index in [-0.39, 0.29) is 5.92 Å². The van der Waals surface area contributed by atoms with Gasteiger partial charge in [-0.3, -0.25) is 0 Å². The van der Waals surface area contributed by atoms with Crippen molar-refractivity contribution in [3.05, 3.63) is 193 Å². The SMILES string of the molecule is CC1C2c3ccccc3-c3cccc4c3c3c2c(c2ccccc2c3n4-c2ccc(-c3nc(-c4ccccc4)nc(-c4ccccc4)n3)cc2)C2C=CC=CC21. The fourth-order valence-electron chi connectivity index (χ4n) is 10.3. The molecule has 3 aliphatic rings. The molecule has 0 saturated heterocycles. The average molecular weight is 717 g/mol. The molecule has 12 rings (SSSR count). The zero-order chi connectivity index (χ0) is 36.9. The van der Waals surface area contributed by atoms with Gasteiger partial charge in [0.1, 0.15) is 0 Å². The number of aromatic nitrogens is 4. The Morgan fingerprint density at radius 3 is 1.79 bits per heavy atom. The second-order valence-electron chi connectivity index (χ2n) is 15.5. The second kappa shape index (κ2) is 12.0. The van der Waals surface area contributed by atoms with Crippen LogP contribution in [0.3, 0.4) is 0 Å². The first-order valence-corrected chi connectivity index (χ1v) is 19.7. The fourth-order valence-corrected chi connectivity index (χ4v) is 10.3. The first kappa shape index (κ1) is 31.4. The predicted molar refractivity (Wildman–Crippen MR) is 229 cm³/mol. The molecular formula is C52H36N4. The Labute approximate surface area is 325 Å². The van der Waals surface area contributed by atoms with Crippen LogP contribution in [0, 0.1) is 11.8 Å². The third-order valence-corrected chi connectivity index (χ3v) is 12.6. The van der Waals surface area contributed by atoms with E-state index in [1.54, 1.807) is 0 Å². The Morgan fingerprint density at radius 1 is 0.482 bits per heavy atom. The molecule has 2 heterocycles. The summed E-state index contributed by atoms with van der Waals surface area (Å²) in [7, 11) is 0. The molecular weight excluding hydrogens is 681 g/mol. The lowest BCUT2D eigenvalue weighted by atomic mass is 9.60. The van der Waals surface area contributed by atoms with Crippen molar-refractivity contribution in [2.45, 2.75) is 18.8 Å². The van der Waals surface area contributed by atoms with Crippen molar-refractivity contribution in [3.8, 4) is 51.0 Å². The maximum absolute atomic E-state index is 5.03. The van der Waals surface area contributed by atoms with Gasteiger partial charge in [0.15, 0.2) is 17.5 Å². The van der Waals surface area contributed by atoms with Gasteiger partial charge < -0.3 is 4.57 Å². The minimum absolute atomic E-state index is 0.265. The number of benzene rings is 7. The van der Waals surface area contributed by atoms with Crippen LogP contribution in [-0.4, -0.2) is 19.5 Å². The number of rotatable bonds is 4. The molecule has 0 N–H and O–H groups in total. The highest BCUT2D eigenvalue weighted by Gasteiger charge is 2.44. The van der Waals surface area contributed by atoms with E-state index in [2.05, 4.69) is 151 Å². The van der Waals surface area contributed by atoms with Crippen LogP contribution >= 0.6 is 0 Å². The smallest absolute Gasteiger partial charge is 0.164 e. The summed E-state index contributed by atoms with van der Waals surface area (Å²) in [5.41, 5.74) is 13.6. The van der Waals surface area contributed by atoms with Crippen molar-refractivity contribution in [2.75, 3.05) is 0 Å². The van der Waals surface area contributed by atoms with Crippen molar-refractivity contribution in [2.24, 2.45) is 11.8 Å². The Bertz CT molecular complexity index is 3040. The number of allylic oxidation sites excluding steroid dienone is 4. The van der Waals surface area contributed by atoms with Gasteiger partial charge in [0.2, 0.25) is 0 Å². The van der Waals surface area contributed by atoms with Crippen LogP contribution in [0.5, 0.6) is 0 Å². The van der Waals surface area contributed by atoms with Gasteiger partial charge in [0.25, 0.3) is 0 Å². The zero-order valence-electron chi connectivity index (χ0n) is 30.8. The molecule has 0 bridgehead atoms. The average Bonchev–Trinajstić information content (AvgIpc) is 3.56. The second-order valence-corrected chi connectivity index (χ2v) is 15.5. The molecule has 0 radical (unpaired) electrons. The highest BCUT2D eigenvalue weighted by atomic mass is 15.0. The molecule has 4 unspecified atom stereocenters. The molecule has 3 aliphatic carbocycles. The van der Waals surface area contributed by atoms with Gasteiger partial charge in [0.05, 0.1) is 11.0 Å². The highest BCUT2D eigenvalue weighted by molar-refractivity contribution is 6.25. The lowest BCUT2D eigenvalue weighted by molar-refractivity contribution is 0.335. The topological polar surface area (TPSA) is 43.6 Å². The lowest BCUT2D eigenvalue weighted by Crippen LogP contribution is -2.31. The number of nitrogens with zero attached hydrogens (tertiary/aromatic N) is 4. The van der Waals surface area contributed by atoms with Crippen LogP contribution in [0.15, 0.2) is 176 Å². The molecule has 0 aliphatic heterocycles. The van der Waals surface area contributed by atoms with E-state index in [4.69, 9.17) is 15.0 Å². The van der Waals surface area contributed by atoms with Gasteiger partial charge in [-0.15, -0.1) is 0 Å². The Hall–Kier alpha value is -6.91. The number of hydrogen-bond acceptors (Lipinski definition) is 3. The van der Waals surface area contributed by atoms with Gasteiger partial charge in [-0.2, -0.15) is 0 Å². The molecule has 7 aromatic carbocycles. The van der Waals surface area contributed by atoms with Crippen molar-refractivity contribution >= 4 is 32.6 Å². The van der Waals surface area contributed by atoms with Gasteiger partial charge in [-0.05, 0) is 75.4 Å². The summed E-state index contributed by atoms with van der Waals surface area (Å²) in [5, 5.41) is 5.41. The van der Waals surface area contributed by atoms with E-state index < -0.39 is 0 Å². The van der Waals surface area contributed by atoms with E-state index in [9.17, 15) is 0 Å². The summed E-state index contributed by atoms with van der Waals surface area (Å²) in [5.74, 6) is 3.42. The molecule has 264 valence electrons. The largest absolute Gasteiger partial charge is 0.309 e. The third-order valence-electron chi connectivity index (χ3n) is 12.6. The lowest BCUT2D eigenvalue weighted by Gasteiger charge is -2.43. The summed E-state index contributed by atoms with van der Waals surface area (Å²) >= 11 is 0. The van der Waals surface area contributed by atoms with Crippen molar-refractivity contribution in [1.82, 2.24) is 19.5 Å². The first-order valence-electron chi connectivity index (χ1n) is 19.7. The molecule has 56 heavy (non-hydrogen) atoms. The van der Waals surface area contributed by atoms with Crippen LogP contribution in [-0.2, 0) is 0 Å². The first-order chi connectivity index (χ1) is 27.7. The summed E-state index contributed by atoms with van der Waals surface area (Å²) < 4.78 is 2.52. The molecule has 0 amide bonds. The van der Waals surface area contributed by atoms with Crippen LogP contribution in [0.1, 0.15) is 35.4 Å². The summed E-state index contributed by atoms with van der Waals surface area (Å²) in [6, 6.07) is 54.4. The Balaban J connectivity index is 1.13. The zero-order valence-corrected chi connectivity index (χ0v) is 30.8. The van der Waals surface area contributed by atoms with Crippen LogP contribution < -0.4 is 0 Å². The van der Waals surface area contributed by atoms with Crippen molar-refractivity contribution < 1.29 is 0 Å². The van der Waals surface area contributed by atoms with E-state index in [0.29, 0.717) is 35.2 Å². The Kier molecular flexibility index (Phi) is 6.76. The van der Waals surface area contributed by atoms with Crippen LogP contribution in [0.4, 0.5) is 0 Å². The van der Waals surface area contributed by atoms with E-state index in [1.165, 1.54) is 60.4 Å². The van der Waals surface area contributed by atoms with Gasteiger partial charge >= 0.3 is 0 Å². The summed E-state index contributed by atoms with van der Waals surface area (Å²) in [4.78, 5) is 15.0. The molecule has 0 spiro atoms. The molecule has 4 heteroatoms. The molecule has 4 atom stereocenters. The van der Waals surface area contributed by atoms with E-state index in [1.807, 2.05) is 36.4 Å². The molecule has 9 aromatic rings. The maximum atomic E-state index is 5.03. The molecule has 0 saturated carbocycles. The molecule has 2 aromatic heterocycles. The molecule has 0 fully saturated rings. The van der Waals surface area contributed by atoms with Gasteiger partial charge in [0, 0.05) is 50.4 Å². The van der Waals surface area contributed by atoms with Crippen LogP contribution in [0.25, 0.3) is 83.6 Å². The quantitative estimate of drug-likeness (QED) is 0.182. The standard InChI is InChI=1S/C52H36N4/c1-31-36-19-8-10-21-38(36)45-41-23-12-13-24-42(41)49-48-46-40(37-20-9-11-22-39(37)44(31)47(45)48)25-14-26-43(46)56(49)35-29-27-34(28-30-35)52-54-50(32-15-4-2-5-16-32)53-51(55-52)33-17-6-3-7-18-33/h2-31,36,38,44H,1H3. The monoisotopic (exact) mass is 716 g/mol. The van der Waals surface area contributed by atoms with Gasteiger partial charge in [-0.1, -0.05) is 153 Å². The Morgan fingerprint density at radius 2 is 1.07 bits per heavy atom. The van der Waals surface area contributed by atoms with Crippen LogP contribution in [0.2, 0.25) is 0 Å². The predicted octanol–water partition coefficient (Wildman–Crippen LogP) is 12.7. The highest BCUT2D eigenvalue weighted by Crippen LogP contribution is 2.60. The van der Waals surface area contributed by atoms with E-state index in [0.717, 1.165) is 22.4 Å². The number of hydrogen-bond donors (Lipinski definition) is 0. The van der Waals surface area contributed by atoms with Gasteiger partial charge in [-0.25, -0.2) is 15.0 Å². The third kappa shape index (κ3) is 4.44. The number of fused-ring (bicyclic) bond motifs is 8. The molecule has 4 nitrogen and oxygen atoms in total. The fraction of sp³-hybridized carbons (Fsp3) is 0.0962. The van der Waals surface area contributed by atoms with E-state index >= 15 is 0 Å². The minimum Gasteiger partial charge on any atom is -0.309 e. The summed E-state index contributed by atoms with van der Waals surface area (Å²) in [6.45, 7) is 2.49. The minimum atomic E-state index is 0.265.